The molecule has 1 heterocycles. The fraction of sp³-hybridized carbons (Fsp3) is 0.400. The van der Waals surface area contributed by atoms with Gasteiger partial charge >= 0.3 is 12.1 Å². The molecule has 1 saturated carbocycles. The van der Waals surface area contributed by atoms with Crippen molar-refractivity contribution in [3.63, 3.8) is 0 Å². The first kappa shape index (κ1) is 20.0. The van der Waals surface area contributed by atoms with E-state index in [1.807, 2.05) is 0 Å². The Morgan fingerprint density at radius 1 is 1.21 bits per heavy atom. The van der Waals surface area contributed by atoms with Crippen molar-refractivity contribution < 1.29 is 27.5 Å². The summed E-state index contributed by atoms with van der Waals surface area (Å²) >= 11 is 0. The summed E-state index contributed by atoms with van der Waals surface area (Å²) in [6.07, 6.45) is -3.83. The third-order valence-corrected chi connectivity index (χ3v) is 4.62. The molecule has 1 atom stereocenters. The molecule has 0 bridgehead atoms. The third-order valence-electron chi connectivity index (χ3n) is 4.62. The normalized spacial score (nSPS) is 15.2. The molecule has 1 amide bonds. The van der Waals surface area contributed by atoms with Crippen LogP contribution in [0.1, 0.15) is 46.3 Å². The van der Waals surface area contributed by atoms with Crippen molar-refractivity contribution in [3.8, 4) is 0 Å². The first-order valence-electron chi connectivity index (χ1n) is 8.95. The molecule has 1 aromatic heterocycles. The van der Waals surface area contributed by atoms with Gasteiger partial charge in [0.2, 0.25) is 6.10 Å². The molecule has 0 saturated heterocycles. The topological polar surface area (TPSA) is 60.3 Å². The third kappa shape index (κ3) is 4.74. The SMILES string of the molecule is Cc1cc(C(=O)O[C@H](C(=O)NC2CC2)c2ccccc2)c(C)n1CC(F)(F)F. The van der Waals surface area contributed by atoms with E-state index in [-0.39, 0.29) is 17.3 Å². The molecule has 1 N–H and O–H groups in total. The van der Waals surface area contributed by atoms with Crippen LogP contribution in [0.5, 0.6) is 0 Å². The summed E-state index contributed by atoms with van der Waals surface area (Å²) in [4.78, 5) is 25.3. The van der Waals surface area contributed by atoms with Crippen LogP contribution in [-0.4, -0.2) is 28.7 Å². The smallest absolute Gasteiger partial charge is 0.406 e. The Labute approximate surface area is 160 Å². The number of ether oxygens (including phenoxy) is 1. The molecule has 2 aromatic rings. The van der Waals surface area contributed by atoms with E-state index in [0.29, 0.717) is 11.3 Å². The largest absolute Gasteiger partial charge is 0.444 e. The molecule has 150 valence electrons. The summed E-state index contributed by atoms with van der Waals surface area (Å²) in [5.74, 6) is -1.27. The van der Waals surface area contributed by atoms with Gasteiger partial charge in [0.15, 0.2) is 0 Å². The molecule has 28 heavy (non-hydrogen) atoms. The number of rotatable bonds is 6. The quantitative estimate of drug-likeness (QED) is 0.758. The Hall–Kier alpha value is -2.77. The van der Waals surface area contributed by atoms with E-state index in [2.05, 4.69) is 5.32 Å². The monoisotopic (exact) mass is 394 g/mol. The number of carbonyl (C=O) groups excluding carboxylic acids is 2. The van der Waals surface area contributed by atoms with Crippen molar-refractivity contribution in [1.29, 1.82) is 0 Å². The van der Waals surface area contributed by atoms with Crippen LogP contribution in [0.25, 0.3) is 0 Å². The van der Waals surface area contributed by atoms with E-state index in [4.69, 9.17) is 4.74 Å². The fourth-order valence-electron chi connectivity index (χ4n) is 3.01. The van der Waals surface area contributed by atoms with Gasteiger partial charge < -0.3 is 14.6 Å². The summed E-state index contributed by atoms with van der Waals surface area (Å²) in [7, 11) is 0. The predicted molar refractivity (Wildman–Crippen MR) is 95.7 cm³/mol. The Morgan fingerprint density at radius 2 is 1.86 bits per heavy atom. The minimum absolute atomic E-state index is 0.0157. The molecule has 1 aliphatic carbocycles. The first-order chi connectivity index (χ1) is 13.2. The van der Waals surface area contributed by atoms with E-state index in [0.717, 1.165) is 17.4 Å². The van der Waals surface area contributed by atoms with Gasteiger partial charge in [0.05, 0.1) is 5.56 Å². The van der Waals surface area contributed by atoms with Gasteiger partial charge in [0.25, 0.3) is 5.91 Å². The second-order valence-corrected chi connectivity index (χ2v) is 6.97. The number of nitrogens with one attached hydrogen (secondary N) is 1. The number of benzene rings is 1. The van der Waals surface area contributed by atoms with Crippen LogP contribution in [0.15, 0.2) is 36.4 Å². The maximum Gasteiger partial charge on any atom is 0.406 e. The van der Waals surface area contributed by atoms with Crippen LogP contribution in [0, 0.1) is 13.8 Å². The van der Waals surface area contributed by atoms with Gasteiger partial charge in [0, 0.05) is 23.0 Å². The highest BCUT2D eigenvalue weighted by Gasteiger charge is 2.33. The minimum atomic E-state index is -4.41. The van der Waals surface area contributed by atoms with Gasteiger partial charge in [-0.25, -0.2) is 4.79 Å². The number of halogens is 3. The molecule has 0 unspecified atom stereocenters. The number of amides is 1. The highest BCUT2D eigenvalue weighted by Crippen LogP contribution is 2.27. The molecule has 0 spiro atoms. The summed E-state index contributed by atoms with van der Waals surface area (Å²) in [5, 5.41) is 2.80. The summed E-state index contributed by atoms with van der Waals surface area (Å²) in [6.45, 7) is 1.73. The second-order valence-electron chi connectivity index (χ2n) is 6.97. The van der Waals surface area contributed by atoms with Gasteiger partial charge in [-0.3, -0.25) is 4.79 Å². The number of hydrogen-bond acceptors (Lipinski definition) is 3. The van der Waals surface area contributed by atoms with Gasteiger partial charge in [-0.2, -0.15) is 13.2 Å². The number of carbonyl (C=O) groups is 2. The lowest BCUT2D eigenvalue weighted by molar-refractivity contribution is -0.141. The molecule has 0 radical (unpaired) electrons. The van der Waals surface area contributed by atoms with Crippen molar-refractivity contribution in [1.82, 2.24) is 9.88 Å². The Bertz CT molecular complexity index is 871. The van der Waals surface area contributed by atoms with Gasteiger partial charge in [0.1, 0.15) is 6.54 Å². The summed E-state index contributed by atoms with van der Waals surface area (Å²) < 4.78 is 44.8. The Morgan fingerprint density at radius 3 is 2.43 bits per heavy atom. The lowest BCUT2D eigenvalue weighted by Crippen LogP contribution is -2.33. The Kier molecular flexibility index (Phi) is 5.49. The minimum Gasteiger partial charge on any atom is -0.444 e. The van der Waals surface area contributed by atoms with Crippen LogP contribution in [0.2, 0.25) is 0 Å². The van der Waals surface area contributed by atoms with Gasteiger partial charge in [-0.05, 0) is 32.8 Å². The van der Waals surface area contributed by atoms with E-state index in [1.165, 1.54) is 19.9 Å². The molecule has 3 rings (SSSR count). The van der Waals surface area contributed by atoms with Crippen LogP contribution in [0.4, 0.5) is 13.2 Å². The van der Waals surface area contributed by atoms with Crippen molar-refractivity contribution in [2.45, 2.75) is 51.6 Å². The van der Waals surface area contributed by atoms with E-state index >= 15 is 0 Å². The zero-order valence-electron chi connectivity index (χ0n) is 15.5. The number of hydrogen-bond donors (Lipinski definition) is 1. The lowest BCUT2D eigenvalue weighted by Gasteiger charge is -2.18. The standard InChI is InChI=1S/C20H21F3N2O3/c1-12-10-16(13(2)25(12)11-20(21,22)23)19(27)28-17(14-6-4-3-5-7-14)18(26)24-15-8-9-15/h3-7,10,15,17H,8-9,11H2,1-2H3,(H,24,26)/t17-/m0/s1. The van der Waals surface area contributed by atoms with Crippen LogP contribution < -0.4 is 5.32 Å². The number of aryl methyl sites for hydroxylation is 1. The average Bonchev–Trinajstić information content (AvgIpc) is 3.40. The molecular formula is C20H21F3N2O3. The highest BCUT2D eigenvalue weighted by molar-refractivity contribution is 5.94. The molecular weight excluding hydrogens is 373 g/mol. The highest BCUT2D eigenvalue weighted by atomic mass is 19.4. The van der Waals surface area contributed by atoms with Crippen LogP contribution in [0.3, 0.4) is 0 Å². The van der Waals surface area contributed by atoms with Crippen molar-refractivity contribution in [3.05, 3.63) is 58.9 Å². The van der Waals surface area contributed by atoms with E-state index in [1.54, 1.807) is 30.3 Å². The van der Waals surface area contributed by atoms with Gasteiger partial charge in [-0.1, -0.05) is 30.3 Å². The molecule has 0 aliphatic heterocycles. The molecule has 1 aliphatic rings. The zero-order valence-corrected chi connectivity index (χ0v) is 15.5. The van der Waals surface area contributed by atoms with Crippen molar-refractivity contribution >= 4 is 11.9 Å². The maximum absolute atomic E-state index is 12.8. The van der Waals surface area contributed by atoms with Crippen LogP contribution in [-0.2, 0) is 16.1 Å². The zero-order chi connectivity index (χ0) is 20.5. The predicted octanol–water partition coefficient (Wildman–Crippen LogP) is 3.84. The molecule has 1 fully saturated rings. The van der Waals surface area contributed by atoms with Crippen molar-refractivity contribution in [2.75, 3.05) is 0 Å². The second kappa shape index (κ2) is 7.69. The molecule has 1 aromatic carbocycles. The van der Waals surface area contributed by atoms with Crippen molar-refractivity contribution in [2.24, 2.45) is 0 Å². The summed E-state index contributed by atoms with van der Waals surface area (Å²) in [6, 6.07) is 9.96. The van der Waals surface area contributed by atoms with Crippen LogP contribution >= 0.6 is 0 Å². The van der Waals surface area contributed by atoms with E-state index < -0.39 is 30.7 Å². The van der Waals surface area contributed by atoms with Gasteiger partial charge in [-0.15, -0.1) is 0 Å². The Balaban J connectivity index is 1.84. The number of alkyl halides is 3. The number of nitrogens with zero attached hydrogens (tertiary/aromatic N) is 1. The summed E-state index contributed by atoms with van der Waals surface area (Å²) in [5.41, 5.74) is 0.953. The molecule has 5 nitrogen and oxygen atoms in total. The maximum atomic E-state index is 12.8. The average molecular weight is 394 g/mol. The fourth-order valence-corrected chi connectivity index (χ4v) is 3.01. The molecule has 8 heteroatoms. The number of esters is 1. The number of aromatic nitrogens is 1. The lowest BCUT2D eigenvalue weighted by atomic mass is 10.1. The van der Waals surface area contributed by atoms with E-state index in [9.17, 15) is 22.8 Å². The first-order valence-corrected chi connectivity index (χ1v) is 8.95.